The second kappa shape index (κ2) is 8.42. The number of ether oxygens (including phenoxy) is 1. The van der Waals surface area contributed by atoms with Crippen LogP contribution in [0.1, 0.15) is 29.2 Å². The highest BCUT2D eigenvalue weighted by Gasteiger charge is 2.06. The zero-order valence-corrected chi connectivity index (χ0v) is 14.1. The summed E-state index contributed by atoms with van der Waals surface area (Å²) >= 11 is 0. The lowest BCUT2D eigenvalue weighted by atomic mass is 10.00. The molecule has 2 aromatic carbocycles. The minimum atomic E-state index is 0.0578. The number of rotatable bonds is 7. The van der Waals surface area contributed by atoms with Crippen LogP contribution < -0.4 is 16.2 Å². The average molecular weight is 333 g/mol. The van der Waals surface area contributed by atoms with Crippen molar-refractivity contribution in [2.45, 2.75) is 25.4 Å². The number of aryl methyl sites for hydroxylation is 1. The molecule has 3 aromatic rings. The number of nitrogens with zero attached hydrogens (tertiary/aromatic N) is 1. The molecule has 4 N–H and O–H groups in total. The maximum absolute atomic E-state index is 6.26. The number of nitrogens with two attached hydrogens (primary N) is 2. The summed E-state index contributed by atoms with van der Waals surface area (Å²) in [5.41, 5.74) is 15.2. The van der Waals surface area contributed by atoms with E-state index in [0.717, 1.165) is 24.2 Å². The van der Waals surface area contributed by atoms with Crippen molar-refractivity contribution in [3.63, 3.8) is 0 Å². The lowest BCUT2D eigenvalue weighted by molar-refractivity contribution is 0.462. The van der Waals surface area contributed by atoms with E-state index in [1.165, 1.54) is 11.1 Å². The van der Waals surface area contributed by atoms with Gasteiger partial charge < -0.3 is 16.2 Å². The molecular formula is C21H23N3O. The first-order valence-corrected chi connectivity index (χ1v) is 8.47. The highest BCUT2D eigenvalue weighted by atomic mass is 16.5. The van der Waals surface area contributed by atoms with Gasteiger partial charge in [-0.25, -0.2) is 4.98 Å². The predicted octanol–water partition coefficient (Wildman–Crippen LogP) is 3.97. The van der Waals surface area contributed by atoms with E-state index in [9.17, 15) is 0 Å². The van der Waals surface area contributed by atoms with Crippen molar-refractivity contribution < 1.29 is 4.74 Å². The van der Waals surface area contributed by atoms with Crippen LogP contribution in [0.15, 0.2) is 72.9 Å². The molecule has 0 bridgehead atoms. The first-order chi connectivity index (χ1) is 12.2. The third kappa shape index (κ3) is 4.89. The lowest BCUT2D eigenvalue weighted by Gasteiger charge is -2.12. The topological polar surface area (TPSA) is 74.2 Å². The molecule has 25 heavy (non-hydrogen) atoms. The van der Waals surface area contributed by atoms with Gasteiger partial charge in [0, 0.05) is 24.8 Å². The Kier molecular flexibility index (Phi) is 5.77. The van der Waals surface area contributed by atoms with E-state index in [2.05, 4.69) is 29.2 Å². The summed E-state index contributed by atoms with van der Waals surface area (Å²) in [5, 5.41) is 0. The molecule has 0 fully saturated rings. The van der Waals surface area contributed by atoms with Gasteiger partial charge in [0.2, 0.25) is 5.88 Å². The number of pyridine rings is 1. The van der Waals surface area contributed by atoms with Gasteiger partial charge in [0.15, 0.2) is 0 Å². The molecule has 4 nitrogen and oxygen atoms in total. The van der Waals surface area contributed by atoms with Gasteiger partial charge >= 0.3 is 0 Å². The van der Waals surface area contributed by atoms with Gasteiger partial charge in [-0.3, -0.25) is 0 Å². The van der Waals surface area contributed by atoms with Gasteiger partial charge in [-0.15, -0.1) is 0 Å². The first kappa shape index (κ1) is 17.1. The van der Waals surface area contributed by atoms with E-state index >= 15 is 0 Å². The second-order valence-corrected chi connectivity index (χ2v) is 6.01. The zero-order chi connectivity index (χ0) is 17.5. The van der Waals surface area contributed by atoms with Crippen molar-refractivity contribution >= 4 is 0 Å². The summed E-state index contributed by atoms with van der Waals surface area (Å²) in [6.45, 7) is 0.479. The van der Waals surface area contributed by atoms with Gasteiger partial charge in [0.25, 0.3) is 0 Å². The van der Waals surface area contributed by atoms with Gasteiger partial charge in [0.05, 0.1) is 0 Å². The molecule has 0 aliphatic rings. The van der Waals surface area contributed by atoms with Crippen LogP contribution in [-0.2, 0) is 13.0 Å². The van der Waals surface area contributed by atoms with Crippen LogP contribution in [-0.4, -0.2) is 4.98 Å². The molecule has 3 rings (SSSR count). The smallest absolute Gasteiger partial charge is 0.219 e. The van der Waals surface area contributed by atoms with Crippen molar-refractivity contribution in [2.24, 2.45) is 11.5 Å². The van der Waals surface area contributed by atoms with Crippen molar-refractivity contribution in [3.8, 4) is 11.6 Å². The fourth-order valence-electron chi connectivity index (χ4n) is 2.63. The third-order valence-electron chi connectivity index (χ3n) is 4.15. The normalized spacial score (nSPS) is 11.9. The van der Waals surface area contributed by atoms with E-state index in [-0.39, 0.29) is 6.04 Å². The summed E-state index contributed by atoms with van der Waals surface area (Å²) in [7, 11) is 0. The second-order valence-electron chi connectivity index (χ2n) is 6.01. The third-order valence-corrected chi connectivity index (χ3v) is 4.15. The molecule has 128 valence electrons. The Morgan fingerprint density at radius 3 is 2.24 bits per heavy atom. The maximum atomic E-state index is 6.26. The van der Waals surface area contributed by atoms with E-state index in [0.29, 0.717) is 12.4 Å². The molecule has 0 spiro atoms. The van der Waals surface area contributed by atoms with Crippen molar-refractivity contribution in [1.82, 2.24) is 4.98 Å². The van der Waals surface area contributed by atoms with Crippen LogP contribution in [0.3, 0.4) is 0 Å². The standard InChI is InChI=1S/C21H23N3O/c22-14-17-9-13-21(24-15-17)25-19-10-6-16(7-11-19)8-12-20(23)18-4-2-1-3-5-18/h1-7,9-11,13,15,20H,8,12,14,22-23H2. The molecule has 0 saturated heterocycles. The molecule has 0 aliphatic heterocycles. The van der Waals surface area contributed by atoms with Crippen molar-refractivity contribution in [1.29, 1.82) is 0 Å². The number of aromatic nitrogens is 1. The Bertz CT molecular complexity index is 771. The Balaban J connectivity index is 1.54. The largest absolute Gasteiger partial charge is 0.439 e. The molecule has 0 amide bonds. The quantitative estimate of drug-likeness (QED) is 0.686. The van der Waals surface area contributed by atoms with Gasteiger partial charge in [-0.05, 0) is 41.7 Å². The van der Waals surface area contributed by atoms with Crippen molar-refractivity contribution in [2.75, 3.05) is 0 Å². The molecule has 4 heteroatoms. The summed E-state index contributed by atoms with van der Waals surface area (Å²) in [6.07, 6.45) is 3.57. The Labute approximate surface area is 148 Å². The van der Waals surface area contributed by atoms with Crippen LogP contribution in [0.4, 0.5) is 0 Å². The molecule has 1 atom stereocenters. The van der Waals surface area contributed by atoms with Crippen LogP contribution in [0.5, 0.6) is 11.6 Å². The molecule has 1 heterocycles. The Morgan fingerprint density at radius 2 is 1.60 bits per heavy atom. The summed E-state index contributed by atoms with van der Waals surface area (Å²) in [5.74, 6) is 1.33. The van der Waals surface area contributed by atoms with Gasteiger partial charge in [-0.2, -0.15) is 0 Å². The van der Waals surface area contributed by atoms with E-state index in [1.54, 1.807) is 6.20 Å². The van der Waals surface area contributed by atoms with Crippen LogP contribution in [0.25, 0.3) is 0 Å². The van der Waals surface area contributed by atoms with Crippen molar-refractivity contribution in [3.05, 3.63) is 89.6 Å². The predicted molar refractivity (Wildman–Crippen MR) is 100 cm³/mol. The first-order valence-electron chi connectivity index (χ1n) is 8.47. The SMILES string of the molecule is NCc1ccc(Oc2ccc(CCC(N)c3ccccc3)cc2)nc1. The highest BCUT2D eigenvalue weighted by Crippen LogP contribution is 2.22. The fraction of sp³-hybridized carbons (Fsp3) is 0.190. The summed E-state index contributed by atoms with van der Waals surface area (Å²) in [4.78, 5) is 4.24. The highest BCUT2D eigenvalue weighted by molar-refractivity contribution is 5.31. The van der Waals surface area contributed by atoms with Gasteiger partial charge in [0.1, 0.15) is 5.75 Å². The summed E-state index contributed by atoms with van der Waals surface area (Å²) in [6, 6.07) is 22.1. The Hall–Kier alpha value is -2.69. The average Bonchev–Trinajstić information content (AvgIpc) is 2.68. The van der Waals surface area contributed by atoms with E-state index in [4.69, 9.17) is 16.2 Å². The van der Waals surface area contributed by atoms with Crippen LogP contribution in [0, 0.1) is 0 Å². The lowest BCUT2D eigenvalue weighted by Crippen LogP contribution is -2.11. The van der Waals surface area contributed by atoms with E-state index in [1.807, 2.05) is 42.5 Å². The fourth-order valence-corrected chi connectivity index (χ4v) is 2.63. The minimum absolute atomic E-state index is 0.0578. The molecule has 1 unspecified atom stereocenters. The molecule has 0 aliphatic carbocycles. The monoisotopic (exact) mass is 333 g/mol. The molecular weight excluding hydrogens is 310 g/mol. The Morgan fingerprint density at radius 1 is 0.880 bits per heavy atom. The summed E-state index contributed by atoms with van der Waals surface area (Å²) < 4.78 is 5.75. The van der Waals surface area contributed by atoms with Crippen LogP contribution in [0.2, 0.25) is 0 Å². The minimum Gasteiger partial charge on any atom is -0.439 e. The van der Waals surface area contributed by atoms with Crippen LogP contribution >= 0.6 is 0 Å². The maximum Gasteiger partial charge on any atom is 0.219 e. The molecule has 1 aromatic heterocycles. The van der Waals surface area contributed by atoms with E-state index < -0.39 is 0 Å². The number of benzene rings is 2. The van der Waals surface area contributed by atoms with Gasteiger partial charge in [-0.1, -0.05) is 48.5 Å². The number of hydrogen-bond donors (Lipinski definition) is 2. The number of hydrogen-bond acceptors (Lipinski definition) is 4. The molecule has 0 saturated carbocycles. The molecule has 0 radical (unpaired) electrons. The zero-order valence-electron chi connectivity index (χ0n) is 14.1.